The van der Waals surface area contributed by atoms with Gasteiger partial charge in [0.25, 0.3) is 5.91 Å². The minimum absolute atomic E-state index is 0.122. The van der Waals surface area contributed by atoms with Crippen LogP contribution in [-0.4, -0.2) is 40.0 Å². The molecular weight excluding hydrogens is 294 g/mol. The van der Waals surface area contributed by atoms with Crippen molar-refractivity contribution in [3.05, 3.63) is 47.3 Å². The largest absolute Gasteiger partial charge is 0.491 e. The Labute approximate surface area is 136 Å². The fourth-order valence-electron chi connectivity index (χ4n) is 2.25. The van der Waals surface area contributed by atoms with Crippen LogP contribution in [-0.2, 0) is 13.5 Å². The van der Waals surface area contributed by atoms with Crippen molar-refractivity contribution in [2.24, 2.45) is 7.05 Å². The Morgan fingerprint density at radius 3 is 2.96 bits per heavy atom. The fourth-order valence-corrected chi connectivity index (χ4v) is 2.25. The normalized spacial score (nSPS) is 12.0. The third-order valence-corrected chi connectivity index (χ3v) is 3.41. The van der Waals surface area contributed by atoms with Crippen LogP contribution in [0.4, 0.5) is 0 Å². The smallest absolute Gasteiger partial charge is 0.254 e. The van der Waals surface area contributed by atoms with Crippen LogP contribution in [0.3, 0.4) is 0 Å². The summed E-state index contributed by atoms with van der Waals surface area (Å²) in [7, 11) is 1.78. The maximum atomic E-state index is 12.1. The quantitative estimate of drug-likeness (QED) is 0.810. The van der Waals surface area contributed by atoms with Crippen LogP contribution in [0.1, 0.15) is 28.5 Å². The number of benzene rings is 1. The van der Waals surface area contributed by atoms with E-state index in [1.165, 1.54) is 0 Å². The van der Waals surface area contributed by atoms with Gasteiger partial charge in [-0.05, 0) is 31.0 Å². The lowest BCUT2D eigenvalue weighted by molar-refractivity contribution is 0.0843. The van der Waals surface area contributed by atoms with E-state index in [0.29, 0.717) is 17.7 Å². The summed E-state index contributed by atoms with van der Waals surface area (Å²) in [6.07, 6.45) is 1.59. The Bertz CT molecular complexity index is 667. The van der Waals surface area contributed by atoms with Crippen LogP contribution in [0.25, 0.3) is 0 Å². The topological polar surface area (TPSA) is 76.4 Å². The first-order chi connectivity index (χ1) is 11.0. The third-order valence-electron chi connectivity index (χ3n) is 3.41. The fraction of sp³-hybridized carbons (Fsp3) is 0.412. The second-order valence-corrected chi connectivity index (χ2v) is 5.51. The van der Waals surface area contributed by atoms with E-state index in [4.69, 9.17) is 4.74 Å². The molecule has 23 heavy (non-hydrogen) atoms. The second kappa shape index (κ2) is 7.78. The van der Waals surface area contributed by atoms with Crippen molar-refractivity contribution < 1.29 is 14.6 Å². The van der Waals surface area contributed by atoms with E-state index in [1.54, 1.807) is 17.9 Å². The standard InChI is InChI=1S/C17H23N3O3/c1-4-16-15(10-20(3)19-16)17(22)18-9-13(21)11-23-14-7-5-6-12(2)8-14/h5-8,10,13,21H,4,9,11H2,1-3H3,(H,18,22). The highest BCUT2D eigenvalue weighted by Crippen LogP contribution is 2.12. The summed E-state index contributed by atoms with van der Waals surface area (Å²) in [6, 6.07) is 7.60. The Balaban J connectivity index is 1.81. The molecule has 6 heteroatoms. The van der Waals surface area contributed by atoms with Crippen LogP contribution in [0.2, 0.25) is 0 Å². The lowest BCUT2D eigenvalue weighted by Gasteiger charge is -2.13. The molecule has 0 saturated carbocycles. The van der Waals surface area contributed by atoms with Crippen molar-refractivity contribution in [3.63, 3.8) is 0 Å². The third kappa shape index (κ3) is 4.82. The van der Waals surface area contributed by atoms with Gasteiger partial charge in [-0.25, -0.2) is 0 Å². The zero-order valence-corrected chi connectivity index (χ0v) is 13.7. The van der Waals surface area contributed by atoms with Gasteiger partial charge in [0.05, 0.1) is 11.3 Å². The van der Waals surface area contributed by atoms with Gasteiger partial charge in [0, 0.05) is 19.8 Å². The summed E-state index contributed by atoms with van der Waals surface area (Å²) in [5.74, 6) is 0.473. The van der Waals surface area contributed by atoms with Crippen LogP contribution >= 0.6 is 0 Å². The van der Waals surface area contributed by atoms with E-state index in [9.17, 15) is 9.90 Å². The molecule has 1 unspecified atom stereocenters. The van der Waals surface area contributed by atoms with Crippen LogP contribution in [0, 0.1) is 6.92 Å². The molecule has 2 N–H and O–H groups in total. The first kappa shape index (κ1) is 17.0. The molecule has 0 bridgehead atoms. The highest BCUT2D eigenvalue weighted by atomic mass is 16.5. The minimum Gasteiger partial charge on any atom is -0.491 e. The number of aliphatic hydroxyl groups is 1. The van der Waals surface area contributed by atoms with E-state index < -0.39 is 6.10 Å². The molecule has 2 aromatic rings. The summed E-state index contributed by atoms with van der Waals surface area (Å²) in [4.78, 5) is 12.1. The minimum atomic E-state index is -0.777. The van der Waals surface area contributed by atoms with Gasteiger partial charge < -0.3 is 15.2 Å². The SMILES string of the molecule is CCc1nn(C)cc1C(=O)NCC(O)COc1cccc(C)c1. The highest BCUT2D eigenvalue weighted by molar-refractivity contribution is 5.95. The summed E-state index contributed by atoms with van der Waals surface area (Å²) < 4.78 is 7.13. The maximum Gasteiger partial charge on any atom is 0.254 e. The molecule has 1 atom stereocenters. The van der Waals surface area contributed by atoms with E-state index in [2.05, 4.69) is 10.4 Å². The van der Waals surface area contributed by atoms with E-state index >= 15 is 0 Å². The number of ether oxygens (including phenoxy) is 1. The monoisotopic (exact) mass is 317 g/mol. The molecule has 0 saturated heterocycles. The Morgan fingerprint density at radius 1 is 1.48 bits per heavy atom. The van der Waals surface area contributed by atoms with Crippen molar-refractivity contribution in [1.82, 2.24) is 15.1 Å². The number of carbonyl (C=O) groups excluding carboxylic acids is 1. The van der Waals surface area contributed by atoms with Crippen LogP contribution < -0.4 is 10.1 Å². The molecule has 0 aliphatic carbocycles. The number of amides is 1. The molecule has 1 aromatic heterocycles. The number of nitrogens with one attached hydrogen (secondary N) is 1. The van der Waals surface area contributed by atoms with Gasteiger partial charge in [-0.3, -0.25) is 9.48 Å². The predicted octanol–water partition coefficient (Wildman–Crippen LogP) is 1.46. The number of aromatic nitrogens is 2. The number of aryl methyl sites for hydroxylation is 3. The van der Waals surface area contributed by atoms with E-state index in [0.717, 1.165) is 11.3 Å². The van der Waals surface area contributed by atoms with E-state index in [-0.39, 0.29) is 19.1 Å². The van der Waals surface area contributed by atoms with Crippen molar-refractivity contribution in [2.45, 2.75) is 26.4 Å². The van der Waals surface area contributed by atoms with Crippen molar-refractivity contribution in [3.8, 4) is 5.75 Å². The second-order valence-electron chi connectivity index (χ2n) is 5.51. The average molecular weight is 317 g/mol. The molecule has 124 valence electrons. The lowest BCUT2D eigenvalue weighted by atomic mass is 10.2. The average Bonchev–Trinajstić information content (AvgIpc) is 2.92. The Kier molecular flexibility index (Phi) is 5.76. The zero-order valence-electron chi connectivity index (χ0n) is 13.7. The van der Waals surface area contributed by atoms with Gasteiger partial charge in [-0.1, -0.05) is 19.1 Å². The number of nitrogens with zero attached hydrogens (tertiary/aromatic N) is 2. The summed E-state index contributed by atoms with van der Waals surface area (Å²) in [5.41, 5.74) is 2.38. The number of aliphatic hydroxyl groups excluding tert-OH is 1. The summed E-state index contributed by atoms with van der Waals surface area (Å²) in [5, 5.41) is 16.9. The van der Waals surface area contributed by atoms with Crippen LogP contribution in [0.15, 0.2) is 30.5 Å². The number of carbonyl (C=O) groups is 1. The highest BCUT2D eigenvalue weighted by Gasteiger charge is 2.15. The molecule has 0 spiro atoms. The maximum absolute atomic E-state index is 12.1. The summed E-state index contributed by atoms with van der Waals surface area (Å²) >= 11 is 0. The number of rotatable bonds is 7. The van der Waals surface area contributed by atoms with Crippen molar-refractivity contribution in [1.29, 1.82) is 0 Å². The van der Waals surface area contributed by atoms with E-state index in [1.807, 2.05) is 38.1 Å². The molecule has 0 aliphatic heterocycles. The molecule has 2 rings (SSSR count). The van der Waals surface area contributed by atoms with Crippen LogP contribution in [0.5, 0.6) is 5.75 Å². The van der Waals surface area contributed by atoms with Gasteiger partial charge in [-0.15, -0.1) is 0 Å². The van der Waals surface area contributed by atoms with Crippen molar-refractivity contribution in [2.75, 3.05) is 13.2 Å². The molecule has 0 aliphatic rings. The van der Waals surface area contributed by atoms with Gasteiger partial charge in [0.15, 0.2) is 0 Å². The molecule has 0 fully saturated rings. The first-order valence-electron chi connectivity index (χ1n) is 7.67. The molecule has 1 heterocycles. The molecule has 6 nitrogen and oxygen atoms in total. The predicted molar refractivity (Wildman–Crippen MR) is 87.6 cm³/mol. The Hall–Kier alpha value is -2.34. The van der Waals surface area contributed by atoms with Gasteiger partial charge >= 0.3 is 0 Å². The molecule has 1 aromatic carbocycles. The summed E-state index contributed by atoms with van der Waals surface area (Å²) in [6.45, 7) is 4.17. The van der Waals surface area contributed by atoms with Gasteiger partial charge in [0.1, 0.15) is 18.5 Å². The zero-order chi connectivity index (χ0) is 16.8. The lowest BCUT2D eigenvalue weighted by Crippen LogP contribution is -2.35. The number of hydrogen-bond donors (Lipinski definition) is 2. The molecule has 1 amide bonds. The Morgan fingerprint density at radius 2 is 2.26 bits per heavy atom. The molecule has 0 radical (unpaired) electrons. The van der Waals surface area contributed by atoms with Crippen molar-refractivity contribution >= 4 is 5.91 Å². The first-order valence-corrected chi connectivity index (χ1v) is 7.67. The van der Waals surface area contributed by atoms with Gasteiger partial charge in [-0.2, -0.15) is 5.10 Å². The number of hydrogen-bond acceptors (Lipinski definition) is 4. The molecular formula is C17H23N3O3. The van der Waals surface area contributed by atoms with Gasteiger partial charge in [0.2, 0.25) is 0 Å².